The van der Waals surface area contributed by atoms with Crippen molar-refractivity contribution in [3.05, 3.63) is 84.4 Å². The first-order valence-corrected chi connectivity index (χ1v) is 11.1. The normalized spacial score (nSPS) is 31.2. The molecule has 1 N–H and O–H groups in total. The molecule has 0 spiro atoms. The Morgan fingerprint density at radius 3 is 1.84 bits per heavy atom. The summed E-state index contributed by atoms with van der Waals surface area (Å²) >= 11 is 0. The maximum absolute atomic E-state index is 11.3. The Bertz CT molecular complexity index is 855. The quantitative estimate of drug-likeness (QED) is 0.601. The molecule has 2 aliphatic rings. The van der Waals surface area contributed by atoms with Crippen LogP contribution >= 0.6 is 0 Å². The van der Waals surface area contributed by atoms with Gasteiger partial charge in [0, 0.05) is 0 Å². The number of fused-ring (bicyclic) bond motifs is 1. The maximum Gasteiger partial charge on any atom is 0.164 e. The molecule has 6 atom stereocenters. The van der Waals surface area contributed by atoms with Crippen molar-refractivity contribution in [2.45, 2.75) is 69.5 Å². The highest BCUT2D eigenvalue weighted by molar-refractivity contribution is 5.15. The lowest BCUT2D eigenvalue weighted by Gasteiger charge is -2.44. The summed E-state index contributed by atoms with van der Waals surface area (Å²) in [6.07, 6.45) is -2.07. The maximum atomic E-state index is 11.3. The topological polar surface area (TPSA) is 66.4 Å². The summed E-state index contributed by atoms with van der Waals surface area (Å²) < 4.78 is 30.9. The predicted molar refractivity (Wildman–Crippen MR) is 120 cm³/mol. The molecule has 6 heteroatoms. The van der Waals surface area contributed by atoms with Crippen molar-refractivity contribution in [2.24, 2.45) is 0 Å². The van der Waals surface area contributed by atoms with E-state index >= 15 is 0 Å². The molecule has 2 aromatic carbocycles. The van der Waals surface area contributed by atoms with E-state index in [4.69, 9.17) is 23.7 Å². The van der Waals surface area contributed by atoms with Crippen molar-refractivity contribution in [3.63, 3.8) is 0 Å². The van der Waals surface area contributed by atoms with Gasteiger partial charge in [-0.05, 0) is 25.0 Å². The van der Waals surface area contributed by atoms with Gasteiger partial charge in [0.25, 0.3) is 0 Å². The standard InChI is InChI=1S/C26H32O6/c1-4-15-28-21-20(27)22(29-16-18-11-7-5-8-12-18)24-25(32-26(2,3)31-24)23(21)30-17-19-13-9-6-10-14-19/h4-14,20-25,27H,1,15-17H2,2-3H3/t20-,21+,22-,23-,24+,25+/m0/s1. The predicted octanol–water partition coefficient (Wildman–Crippen LogP) is 3.62. The second-order valence-electron chi connectivity index (χ2n) is 8.66. The fourth-order valence-corrected chi connectivity index (χ4v) is 4.38. The number of hydrogen-bond acceptors (Lipinski definition) is 6. The van der Waals surface area contributed by atoms with Crippen LogP contribution in [0.25, 0.3) is 0 Å². The average Bonchev–Trinajstić information content (AvgIpc) is 3.12. The molecule has 1 aliphatic carbocycles. The van der Waals surface area contributed by atoms with Crippen LogP contribution in [0.4, 0.5) is 0 Å². The van der Waals surface area contributed by atoms with Crippen molar-refractivity contribution in [1.82, 2.24) is 0 Å². The van der Waals surface area contributed by atoms with Crippen LogP contribution < -0.4 is 0 Å². The number of rotatable bonds is 9. The Kier molecular flexibility index (Phi) is 7.40. The highest BCUT2D eigenvalue weighted by Gasteiger charge is 2.59. The number of aliphatic hydroxyl groups is 1. The van der Waals surface area contributed by atoms with Crippen LogP contribution in [0.5, 0.6) is 0 Å². The summed E-state index contributed by atoms with van der Waals surface area (Å²) in [6, 6.07) is 19.7. The summed E-state index contributed by atoms with van der Waals surface area (Å²) in [7, 11) is 0. The molecule has 4 rings (SSSR count). The Morgan fingerprint density at radius 2 is 1.31 bits per heavy atom. The van der Waals surface area contributed by atoms with E-state index in [2.05, 4.69) is 6.58 Å². The summed E-state index contributed by atoms with van der Waals surface area (Å²) in [5, 5.41) is 11.3. The van der Waals surface area contributed by atoms with E-state index in [9.17, 15) is 5.11 Å². The van der Waals surface area contributed by atoms with Crippen LogP contribution in [-0.2, 0) is 36.9 Å². The van der Waals surface area contributed by atoms with Crippen LogP contribution in [0, 0.1) is 0 Å². The second-order valence-corrected chi connectivity index (χ2v) is 8.66. The molecular weight excluding hydrogens is 408 g/mol. The summed E-state index contributed by atoms with van der Waals surface area (Å²) in [6.45, 7) is 8.45. The van der Waals surface area contributed by atoms with E-state index in [1.807, 2.05) is 74.5 Å². The van der Waals surface area contributed by atoms with Crippen molar-refractivity contribution >= 4 is 0 Å². The number of ether oxygens (including phenoxy) is 5. The van der Waals surface area contributed by atoms with Gasteiger partial charge in [0.05, 0.1) is 19.8 Å². The highest BCUT2D eigenvalue weighted by Crippen LogP contribution is 2.41. The third-order valence-corrected chi connectivity index (χ3v) is 5.79. The summed E-state index contributed by atoms with van der Waals surface area (Å²) in [5.41, 5.74) is 2.04. The molecule has 0 radical (unpaired) electrons. The van der Waals surface area contributed by atoms with Gasteiger partial charge < -0.3 is 28.8 Å². The van der Waals surface area contributed by atoms with Gasteiger partial charge in [0.1, 0.15) is 36.6 Å². The Morgan fingerprint density at radius 1 is 0.812 bits per heavy atom. The monoisotopic (exact) mass is 440 g/mol. The van der Waals surface area contributed by atoms with Crippen molar-refractivity contribution < 1.29 is 28.8 Å². The van der Waals surface area contributed by atoms with E-state index in [1.165, 1.54) is 0 Å². The summed E-state index contributed by atoms with van der Waals surface area (Å²) in [5.74, 6) is -0.828. The smallest absolute Gasteiger partial charge is 0.164 e. The van der Waals surface area contributed by atoms with E-state index in [-0.39, 0.29) is 6.61 Å². The molecule has 1 saturated carbocycles. The van der Waals surface area contributed by atoms with Gasteiger partial charge >= 0.3 is 0 Å². The molecule has 0 aromatic heterocycles. The third kappa shape index (κ3) is 5.29. The van der Waals surface area contributed by atoms with Crippen molar-refractivity contribution in [3.8, 4) is 0 Å². The van der Waals surface area contributed by atoms with Crippen LogP contribution in [0.3, 0.4) is 0 Å². The van der Waals surface area contributed by atoms with E-state index in [0.29, 0.717) is 13.2 Å². The molecule has 0 amide bonds. The first-order valence-electron chi connectivity index (χ1n) is 11.1. The lowest BCUT2D eigenvalue weighted by atomic mass is 9.84. The zero-order valence-corrected chi connectivity index (χ0v) is 18.6. The van der Waals surface area contributed by atoms with Crippen LogP contribution in [0.2, 0.25) is 0 Å². The lowest BCUT2D eigenvalue weighted by Crippen LogP contribution is -2.64. The van der Waals surface area contributed by atoms with E-state index < -0.39 is 42.4 Å². The van der Waals surface area contributed by atoms with E-state index in [1.54, 1.807) is 6.08 Å². The molecule has 0 bridgehead atoms. The Hall–Kier alpha value is -2.06. The molecule has 2 fully saturated rings. The zero-order valence-electron chi connectivity index (χ0n) is 18.6. The van der Waals surface area contributed by atoms with Crippen molar-refractivity contribution in [2.75, 3.05) is 6.61 Å². The number of hydrogen-bond donors (Lipinski definition) is 1. The van der Waals surface area contributed by atoms with Gasteiger partial charge in [-0.25, -0.2) is 0 Å². The first-order chi connectivity index (χ1) is 15.5. The molecule has 1 saturated heterocycles. The third-order valence-electron chi connectivity index (χ3n) is 5.79. The highest BCUT2D eigenvalue weighted by atomic mass is 16.8. The summed E-state index contributed by atoms with van der Waals surface area (Å²) in [4.78, 5) is 0. The van der Waals surface area contributed by atoms with Crippen LogP contribution in [-0.4, -0.2) is 54.1 Å². The number of aliphatic hydroxyl groups excluding tert-OH is 1. The van der Waals surface area contributed by atoms with Gasteiger partial charge in [-0.1, -0.05) is 66.7 Å². The van der Waals surface area contributed by atoms with Gasteiger partial charge in [-0.3, -0.25) is 0 Å². The molecule has 32 heavy (non-hydrogen) atoms. The van der Waals surface area contributed by atoms with Crippen molar-refractivity contribution in [1.29, 1.82) is 0 Å². The van der Waals surface area contributed by atoms with E-state index in [0.717, 1.165) is 11.1 Å². The zero-order chi connectivity index (χ0) is 22.6. The molecule has 172 valence electrons. The molecule has 0 unspecified atom stereocenters. The fraction of sp³-hybridized carbons (Fsp3) is 0.462. The molecule has 1 aliphatic heterocycles. The van der Waals surface area contributed by atoms with Crippen LogP contribution in [0.1, 0.15) is 25.0 Å². The Labute approximate surface area is 189 Å². The van der Waals surface area contributed by atoms with Crippen LogP contribution in [0.15, 0.2) is 73.3 Å². The second kappa shape index (κ2) is 10.3. The fourth-order valence-electron chi connectivity index (χ4n) is 4.38. The van der Waals surface area contributed by atoms with Gasteiger partial charge in [-0.2, -0.15) is 0 Å². The molecular formula is C26H32O6. The van der Waals surface area contributed by atoms with Gasteiger partial charge in [-0.15, -0.1) is 6.58 Å². The average molecular weight is 441 g/mol. The van der Waals surface area contributed by atoms with Gasteiger partial charge in [0.2, 0.25) is 0 Å². The SMILES string of the molecule is C=CCO[C@@H]1[C@H](O)[C@H](OCc2ccccc2)[C@H]2OC(C)(C)O[C@@H]2[C@H]1OCc1ccccc1. The van der Waals surface area contributed by atoms with Gasteiger partial charge in [0.15, 0.2) is 5.79 Å². The minimum atomic E-state index is -0.960. The minimum absolute atomic E-state index is 0.278. The number of benzene rings is 2. The largest absolute Gasteiger partial charge is 0.387 e. The molecule has 1 heterocycles. The first kappa shape index (κ1) is 23.1. The lowest BCUT2D eigenvalue weighted by molar-refractivity contribution is -0.233. The molecule has 2 aromatic rings. The molecule has 6 nitrogen and oxygen atoms in total. The minimum Gasteiger partial charge on any atom is -0.387 e. The Balaban J connectivity index is 1.56.